The molecule has 5 nitrogen and oxygen atoms in total. The zero-order chi connectivity index (χ0) is 15.8. The number of rotatable bonds is 8. The van der Waals surface area contributed by atoms with Gasteiger partial charge in [-0.15, -0.1) is 36.2 Å². The number of nitrogens with one attached hydrogen (secondary N) is 2. The summed E-state index contributed by atoms with van der Waals surface area (Å²) in [5.74, 6) is -0.542. The minimum Gasteiger partial charge on any atom is -0.383 e. The normalized spacial score (nSPS) is 9.75. The van der Waals surface area contributed by atoms with Crippen LogP contribution in [0.25, 0.3) is 10.6 Å². The molecule has 1 aromatic carbocycles. The van der Waals surface area contributed by atoms with Crippen LogP contribution in [0.5, 0.6) is 0 Å². The highest BCUT2D eigenvalue weighted by Gasteiger charge is 2.13. The third-order valence-corrected chi connectivity index (χ3v) is 3.93. The molecular weight excluding hydrogens is 376 g/mol. The van der Waals surface area contributed by atoms with Crippen molar-refractivity contribution < 1.29 is 13.9 Å². The Bertz CT molecular complexity index is 628. The van der Waals surface area contributed by atoms with E-state index in [1.165, 1.54) is 23.6 Å². The fourth-order valence-corrected chi connectivity index (χ4v) is 2.65. The summed E-state index contributed by atoms with van der Waals surface area (Å²) in [5.41, 5.74) is 0.410. The van der Waals surface area contributed by atoms with Crippen LogP contribution in [0.15, 0.2) is 30.5 Å². The van der Waals surface area contributed by atoms with Crippen molar-refractivity contribution in [2.75, 3.05) is 33.4 Å². The molecule has 24 heavy (non-hydrogen) atoms. The number of methoxy groups -OCH3 is 1. The lowest BCUT2D eigenvalue weighted by Crippen LogP contribution is -2.32. The number of amides is 1. The summed E-state index contributed by atoms with van der Waals surface area (Å²) < 4.78 is 18.6. The Balaban J connectivity index is 0.00000264. The Morgan fingerprint density at radius 3 is 2.71 bits per heavy atom. The van der Waals surface area contributed by atoms with Crippen LogP contribution in [0.2, 0.25) is 0 Å². The van der Waals surface area contributed by atoms with Crippen molar-refractivity contribution >= 4 is 42.1 Å². The molecule has 0 spiro atoms. The summed E-state index contributed by atoms with van der Waals surface area (Å²) >= 11 is 1.18. The predicted molar refractivity (Wildman–Crippen MR) is 99.1 cm³/mol. The highest BCUT2D eigenvalue weighted by atomic mass is 35.5. The maximum atomic E-state index is 13.7. The van der Waals surface area contributed by atoms with Crippen LogP contribution in [-0.2, 0) is 4.74 Å². The Morgan fingerprint density at radius 1 is 1.25 bits per heavy atom. The van der Waals surface area contributed by atoms with Crippen LogP contribution in [0.3, 0.4) is 0 Å². The van der Waals surface area contributed by atoms with E-state index in [1.54, 1.807) is 25.3 Å². The highest BCUT2D eigenvalue weighted by Crippen LogP contribution is 2.27. The summed E-state index contributed by atoms with van der Waals surface area (Å²) in [5, 5.41) is 6.42. The average molecular weight is 396 g/mol. The summed E-state index contributed by atoms with van der Waals surface area (Å²) in [6, 6.07) is 6.39. The maximum Gasteiger partial charge on any atom is 0.263 e. The number of benzene rings is 1. The van der Waals surface area contributed by atoms with Crippen molar-refractivity contribution in [1.82, 2.24) is 15.6 Å². The Hall–Kier alpha value is -1.25. The molecular formula is C15H20Cl2FN3O2S. The van der Waals surface area contributed by atoms with Gasteiger partial charge >= 0.3 is 0 Å². The number of nitrogens with zero attached hydrogens (tertiary/aromatic N) is 1. The molecule has 0 unspecified atom stereocenters. The molecule has 0 saturated carbocycles. The summed E-state index contributed by atoms with van der Waals surface area (Å²) in [7, 11) is 1.64. The van der Waals surface area contributed by atoms with Gasteiger partial charge in [-0.1, -0.05) is 12.1 Å². The van der Waals surface area contributed by atoms with Crippen molar-refractivity contribution in [2.45, 2.75) is 0 Å². The Labute approximate surface area is 156 Å². The van der Waals surface area contributed by atoms with Crippen molar-refractivity contribution in [3.05, 3.63) is 41.2 Å². The monoisotopic (exact) mass is 395 g/mol. The first-order chi connectivity index (χ1) is 10.7. The Morgan fingerprint density at radius 2 is 2.00 bits per heavy atom. The fourth-order valence-electron chi connectivity index (χ4n) is 1.79. The summed E-state index contributed by atoms with van der Waals surface area (Å²) in [6.45, 7) is 2.54. The largest absolute Gasteiger partial charge is 0.383 e. The van der Waals surface area contributed by atoms with E-state index in [-0.39, 0.29) is 36.5 Å². The summed E-state index contributed by atoms with van der Waals surface area (Å²) in [6.07, 6.45) is 1.47. The molecule has 2 N–H and O–H groups in total. The van der Waals surface area contributed by atoms with Crippen LogP contribution in [0.1, 0.15) is 9.67 Å². The number of carbonyl (C=O) groups excluding carboxylic acids is 1. The lowest BCUT2D eigenvalue weighted by molar-refractivity contribution is 0.0957. The second-order valence-corrected chi connectivity index (χ2v) is 5.54. The van der Waals surface area contributed by atoms with E-state index in [0.29, 0.717) is 35.1 Å². The highest BCUT2D eigenvalue weighted by molar-refractivity contribution is 7.16. The Kier molecular flexibility index (Phi) is 11.5. The van der Waals surface area contributed by atoms with Crippen LogP contribution >= 0.6 is 36.2 Å². The van der Waals surface area contributed by atoms with E-state index >= 15 is 0 Å². The van der Waals surface area contributed by atoms with Crippen LogP contribution < -0.4 is 10.6 Å². The number of ether oxygens (including phenoxy) is 1. The number of aromatic nitrogens is 1. The zero-order valence-electron chi connectivity index (χ0n) is 13.1. The molecule has 0 fully saturated rings. The van der Waals surface area contributed by atoms with E-state index in [2.05, 4.69) is 15.6 Å². The molecule has 9 heteroatoms. The van der Waals surface area contributed by atoms with Crippen LogP contribution in [0, 0.1) is 5.82 Å². The zero-order valence-corrected chi connectivity index (χ0v) is 15.5. The van der Waals surface area contributed by atoms with Crippen LogP contribution in [-0.4, -0.2) is 44.2 Å². The molecule has 1 heterocycles. The van der Waals surface area contributed by atoms with Gasteiger partial charge in [0.1, 0.15) is 15.7 Å². The van der Waals surface area contributed by atoms with Gasteiger partial charge in [-0.2, -0.15) is 0 Å². The van der Waals surface area contributed by atoms with Gasteiger partial charge in [0.2, 0.25) is 0 Å². The van der Waals surface area contributed by atoms with Gasteiger partial charge in [0.15, 0.2) is 0 Å². The van der Waals surface area contributed by atoms with Crippen LogP contribution in [0.4, 0.5) is 4.39 Å². The van der Waals surface area contributed by atoms with Gasteiger partial charge in [-0.05, 0) is 12.1 Å². The molecule has 0 atom stereocenters. The van der Waals surface area contributed by atoms with Crippen molar-refractivity contribution in [3.63, 3.8) is 0 Å². The second kappa shape index (κ2) is 12.2. The summed E-state index contributed by atoms with van der Waals surface area (Å²) in [4.78, 5) is 16.6. The predicted octanol–water partition coefficient (Wildman–Crippen LogP) is 2.76. The first kappa shape index (κ1) is 22.8. The minimum absolute atomic E-state index is 0. The van der Waals surface area contributed by atoms with Gasteiger partial charge in [0.05, 0.1) is 12.8 Å². The first-order valence-electron chi connectivity index (χ1n) is 6.91. The van der Waals surface area contributed by atoms with E-state index in [0.717, 1.165) is 6.54 Å². The smallest absolute Gasteiger partial charge is 0.263 e. The lowest BCUT2D eigenvalue weighted by Gasteiger charge is -2.05. The molecule has 0 bridgehead atoms. The topological polar surface area (TPSA) is 63.2 Å². The number of hydrogen-bond acceptors (Lipinski definition) is 5. The van der Waals surface area contributed by atoms with E-state index in [4.69, 9.17) is 4.74 Å². The number of carbonyl (C=O) groups is 1. The third-order valence-electron chi connectivity index (χ3n) is 2.90. The van der Waals surface area contributed by atoms with Gasteiger partial charge in [0.25, 0.3) is 5.91 Å². The van der Waals surface area contributed by atoms with E-state index in [1.807, 2.05) is 0 Å². The second-order valence-electron chi connectivity index (χ2n) is 4.51. The lowest BCUT2D eigenvalue weighted by atomic mass is 10.2. The maximum absolute atomic E-state index is 13.7. The molecule has 2 rings (SSSR count). The average Bonchev–Trinajstić information content (AvgIpc) is 3.01. The quantitative estimate of drug-likeness (QED) is 0.674. The number of halogens is 3. The van der Waals surface area contributed by atoms with Crippen molar-refractivity contribution in [3.8, 4) is 10.6 Å². The number of hydrogen-bond donors (Lipinski definition) is 2. The third kappa shape index (κ3) is 6.70. The molecule has 0 saturated heterocycles. The molecule has 1 amide bonds. The standard InChI is InChI=1S/C15H18FN3O2S.2ClH/c1-21-9-8-17-6-7-18-14(20)13-10-19-15(22-13)11-4-2-3-5-12(11)16;;/h2-5,10,17H,6-9H2,1H3,(H,18,20);2*1H. The molecule has 1 aromatic heterocycles. The van der Waals surface area contributed by atoms with Gasteiger partial charge in [0, 0.05) is 32.3 Å². The van der Waals surface area contributed by atoms with E-state index in [9.17, 15) is 9.18 Å². The molecule has 2 aromatic rings. The van der Waals surface area contributed by atoms with Crippen molar-refractivity contribution in [2.24, 2.45) is 0 Å². The molecule has 0 radical (unpaired) electrons. The van der Waals surface area contributed by atoms with E-state index < -0.39 is 0 Å². The first-order valence-corrected chi connectivity index (χ1v) is 7.72. The molecule has 0 aliphatic carbocycles. The molecule has 0 aliphatic heterocycles. The van der Waals surface area contributed by atoms with Crippen molar-refractivity contribution in [1.29, 1.82) is 0 Å². The van der Waals surface area contributed by atoms with Gasteiger partial charge in [-0.3, -0.25) is 4.79 Å². The molecule has 0 aliphatic rings. The SMILES string of the molecule is COCCNCCNC(=O)c1cnc(-c2ccccc2F)s1.Cl.Cl. The molecule has 134 valence electrons. The number of thiazole rings is 1. The van der Waals surface area contributed by atoms with Gasteiger partial charge < -0.3 is 15.4 Å². The fraction of sp³-hybridized carbons (Fsp3) is 0.333. The minimum atomic E-state index is -0.342. The van der Waals surface area contributed by atoms with Gasteiger partial charge in [-0.25, -0.2) is 9.37 Å².